The lowest BCUT2D eigenvalue weighted by Crippen LogP contribution is -2.52. The smallest absolute Gasteiger partial charge is 0.326 e. The van der Waals surface area contributed by atoms with Crippen molar-refractivity contribution in [1.29, 1.82) is 0 Å². The summed E-state index contributed by atoms with van der Waals surface area (Å²) < 4.78 is 27.5. The molecule has 10 heteroatoms. The fraction of sp³-hybridized carbons (Fsp3) is 0.467. The monoisotopic (exact) mass is 550 g/mol. The van der Waals surface area contributed by atoms with Gasteiger partial charge in [-0.2, -0.15) is 0 Å². The zero-order valence-corrected chi connectivity index (χ0v) is 22.5. The molecule has 3 N–H and O–H groups in total. The van der Waals surface area contributed by atoms with Crippen molar-refractivity contribution in [2.24, 2.45) is 0 Å². The molecule has 1 aliphatic carbocycles. The van der Waals surface area contributed by atoms with Gasteiger partial charge in [-0.05, 0) is 62.8 Å². The van der Waals surface area contributed by atoms with Crippen LogP contribution in [-0.4, -0.2) is 68.6 Å². The van der Waals surface area contributed by atoms with Crippen molar-refractivity contribution >= 4 is 17.6 Å². The van der Waals surface area contributed by atoms with E-state index in [-0.39, 0.29) is 25.3 Å². The zero-order chi connectivity index (χ0) is 28.0. The minimum Gasteiger partial charge on any atom is -0.480 e. The quantitative estimate of drug-likeness (QED) is 0.247. The average molecular weight is 551 g/mol. The van der Waals surface area contributed by atoms with Crippen molar-refractivity contribution in [3.63, 3.8) is 0 Å². The van der Waals surface area contributed by atoms with E-state index in [1.165, 1.54) is 5.56 Å². The number of rotatable bonds is 13. The average Bonchev–Trinajstić information content (AvgIpc) is 2.95. The third-order valence-corrected chi connectivity index (χ3v) is 7.68. The number of halogens is 2. The first-order valence-corrected chi connectivity index (χ1v) is 14.1. The van der Waals surface area contributed by atoms with Gasteiger partial charge in [-0.1, -0.05) is 36.4 Å². The summed E-state index contributed by atoms with van der Waals surface area (Å²) in [5, 5.41) is 16.3. The first-order chi connectivity index (χ1) is 19.4. The van der Waals surface area contributed by atoms with Crippen molar-refractivity contribution in [2.75, 3.05) is 30.3 Å². The number of hydrogen-bond donors (Lipinski definition) is 3. The number of hydrogen-bond acceptors (Lipinski definition) is 7. The molecule has 1 atom stereocenters. The normalized spacial score (nSPS) is 17.0. The SMILES string of the molecule is O=C(O)C(CCN(CCCCc1ccc2c(n1)NCCC2)C1CC(F)(F)C1)Nc1ccnc(-c2ccccc2)n1. The second-order valence-corrected chi connectivity index (χ2v) is 10.7. The Labute approximate surface area is 233 Å². The predicted molar refractivity (Wildman–Crippen MR) is 151 cm³/mol. The van der Waals surface area contributed by atoms with E-state index in [9.17, 15) is 18.7 Å². The molecular formula is C30H36F2N6O2. The van der Waals surface area contributed by atoms with E-state index < -0.39 is 17.9 Å². The van der Waals surface area contributed by atoms with Gasteiger partial charge in [0.1, 0.15) is 17.7 Å². The van der Waals surface area contributed by atoms with Gasteiger partial charge >= 0.3 is 5.97 Å². The number of pyridine rings is 1. The topological polar surface area (TPSA) is 103 Å². The largest absolute Gasteiger partial charge is 0.480 e. The van der Waals surface area contributed by atoms with Crippen LogP contribution in [0.3, 0.4) is 0 Å². The van der Waals surface area contributed by atoms with Crippen molar-refractivity contribution in [3.8, 4) is 11.4 Å². The van der Waals surface area contributed by atoms with E-state index in [2.05, 4.69) is 32.7 Å². The van der Waals surface area contributed by atoms with Crippen LogP contribution in [0.5, 0.6) is 0 Å². The number of nitrogens with one attached hydrogen (secondary N) is 2. The third-order valence-electron chi connectivity index (χ3n) is 7.68. The van der Waals surface area contributed by atoms with Crippen LogP contribution in [-0.2, 0) is 17.6 Å². The molecule has 40 heavy (non-hydrogen) atoms. The number of carboxylic acids is 1. The van der Waals surface area contributed by atoms with E-state index in [1.807, 2.05) is 35.2 Å². The molecule has 0 radical (unpaired) electrons. The molecule has 1 saturated carbocycles. The van der Waals surface area contributed by atoms with Crippen molar-refractivity contribution < 1.29 is 18.7 Å². The Balaban J connectivity index is 1.16. The van der Waals surface area contributed by atoms with Crippen LogP contribution in [0, 0.1) is 0 Å². The maximum Gasteiger partial charge on any atom is 0.326 e. The van der Waals surface area contributed by atoms with Gasteiger partial charge in [0.2, 0.25) is 0 Å². The zero-order valence-electron chi connectivity index (χ0n) is 22.5. The minimum atomic E-state index is -2.64. The Bertz CT molecular complexity index is 1280. The summed E-state index contributed by atoms with van der Waals surface area (Å²) >= 11 is 0. The molecule has 212 valence electrons. The van der Waals surface area contributed by atoms with Gasteiger partial charge in [-0.3, -0.25) is 4.90 Å². The molecule has 1 aliphatic heterocycles. The van der Waals surface area contributed by atoms with Crippen LogP contribution < -0.4 is 10.6 Å². The first-order valence-electron chi connectivity index (χ1n) is 14.1. The lowest BCUT2D eigenvalue weighted by molar-refractivity contribution is -0.139. The Morgan fingerprint density at radius 3 is 2.70 bits per heavy atom. The number of carboxylic acid groups (broad SMARTS) is 1. The van der Waals surface area contributed by atoms with E-state index in [1.54, 1.807) is 12.3 Å². The molecule has 0 saturated heterocycles. The Hall–Kier alpha value is -3.66. The molecule has 2 aliphatic rings. The number of nitrogens with zero attached hydrogens (tertiary/aromatic N) is 4. The lowest BCUT2D eigenvalue weighted by Gasteiger charge is -2.43. The molecule has 1 fully saturated rings. The molecular weight excluding hydrogens is 514 g/mol. The lowest BCUT2D eigenvalue weighted by atomic mass is 9.86. The molecule has 1 unspecified atom stereocenters. The molecule has 1 aromatic carbocycles. The minimum absolute atomic E-state index is 0.178. The summed E-state index contributed by atoms with van der Waals surface area (Å²) in [4.78, 5) is 27.6. The molecule has 0 amide bonds. The highest BCUT2D eigenvalue weighted by Gasteiger charge is 2.47. The molecule has 3 aromatic rings. The molecule has 2 aromatic heterocycles. The number of aryl methyl sites for hydroxylation is 2. The summed E-state index contributed by atoms with van der Waals surface area (Å²) in [6, 6.07) is 14.2. The van der Waals surface area contributed by atoms with Gasteiger partial charge in [0.05, 0.1) is 0 Å². The number of aliphatic carboxylic acids is 1. The van der Waals surface area contributed by atoms with Crippen LogP contribution in [0.2, 0.25) is 0 Å². The summed E-state index contributed by atoms with van der Waals surface area (Å²) in [5.41, 5.74) is 3.12. The maximum absolute atomic E-state index is 13.7. The highest BCUT2D eigenvalue weighted by Crippen LogP contribution is 2.40. The first kappa shape index (κ1) is 27.9. The fourth-order valence-electron chi connectivity index (χ4n) is 5.39. The fourth-order valence-corrected chi connectivity index (χ4v) is 5.39. The maximum atomic E-state index is 13.7. The number of carbonyl (C=O) groups is 1. The van der Waals surface area contributed by atoms with Gasteiger partial charge in [0, 0.05) is 49.4 Å². The Kier molecular flexibility index (Phi) is 8.84. The number of anilines is 2. The van der Waals surface area contributed by atoms with Crippen molar-refractivity contribution in [2.45, 2.75) is 69.4 Å². The molecule has 0 bridgehead atoms. The van der Waals surface area contributed by atoms with E-state index in [0.717, 1.165) is 55.7 Å². The molecule has 0 spiro atoms. The molecule has 8 nitrogen and oxygen atoms in total. The van der Waals surface area contributed by atoms with E-state index >= 15 is 0 Å². The van der Waals surface area contributed by atoms with Gasteiger partial charge in [-0.25, -0.2) is 28.5 Å². The third kappa shape index (κ3) is 7.29. The van der Waals surface area contributed by atoms with Crippen LogP contribution in [0.25, 0.3) is 11.4 Å². The predicted octanol–water partition coefficient (Wildman–Crippen LogP) is 5.27. The Morgan fingerprint density at radius 1 is 1.10 bits per heavy atom. The number of aromatic nitrogens is 3. The molecule has 3 heterocycles. The van der Waals surface area contributed by atoms with Gasteiger partial charge in [0.25, 0.3) is 5.92 Å². The highest BCUT2D eigenvalue weighted by molar-refractivity contribution is 5.77. The van der Waals surface area contributed by atoms with Gasteiger partial charge in [-0.15, -0.1) is 0 Å². The summed E-state index contributed by atoms with van der Waals surface area (Å²) in [7, 11) is 0. The van der Waals surface area contributed by atoms with Crippen LogP contribution >= 0.6 is 0 Å². The summed E-state index contributed by atoms with van der Waals surface area (Å²) in [6.45, 7) is 1.99. The number of alkyl halides is 2. The van der Waals surface area contributed by atoms with Crippen LogP contribution in [0.1, 0.15) is 49.8 Å². The summed E-state index contributed by atoms with van der Waals surface area (Å²) in [5.74, 6) is -1.76. The van der Waals surface area contributed by atoms with Crippen LogP contribution in [0.4, 0.5) is 20.4 Å². The number of benzene rings is 1. The summed E-state index contributed by atoms with van der Waals surface area (Å²) in [6.07, 6.45) is 6.20. The van der Waals surface area contributed by atoms with Crippen LogP contribution in [0.15, 0.2) is 54.7 Å². The second kappa shape index (κ2) is 12.7. The number of unbranched alkanes of at least 4 members (excludes halogenated alkanes) is 1. The molecule has 5 rings (SSSR count). The van der Waals surface area contributed by atoms with Gasteiger partial charge in [0.15, 0.2) is 5.82 Å². The van der Waals surface area contributed by atoms with E-state index in [0.29, 0.717) is 24.7 Å². The van der Waals surface area contributed by atoms with Gasteiger partial charge < -0.3 is 15.7 Å². The second-order valence-electron chi connectivity index (χ2n) is 10.7. The van der Waals surface area contributed by atoms with E-state index in [4.69, 9.17) is 4.98 Å². The van der Waals surface area contributed by atoms with Crippen molar-refractivity contribution in [3.05, 3.63) is 66.0 Å². The highest BCUT2D eigenvalue weighted by atomic mass is 19.3. The number of fused-ring (bicyclic) bond motifs is 1. The Morgan fingerprint density at radius 2 is 1.93 bits per heavy atom. The van der Waals surface area contributed by atoms with Crippen molar-refractivity contribution in [1.82, 2.24) is 19.9 Å². The standard InChI is InChI=1S/C30H36F2N6O2/c31-30(32)19-24(20-30)38(17-5-4-10-23-12-11-22-9-6-15-33-27(22)35-23)18-14-25(29(39)40)36-26-13-16-34-28(37-26)21-7-2-1-3-8-21/h1-3,7-8,11-13,16,24-25H,4-6,9-10,14-15,17-20H2,(H,33,35)(H,39,40)(H,34,36,37).